The molecule has 1 heterocycles. The molecule has 114 valence electrons. The number of carbonyl (C=O) groups excluding carboxylic acids is 1. The van der Waals surface area contributed by atoms with E-state index in [2.05, 4.69) is 20.6 Å². The predicted octanol–water partition coefficient (Wildman–Crippen LogP) is 0.587. The van der Waals surface area contributed by atoms with Gasteiger partial charge >= 0.3 is 5.95 Å². The van der Waals surface area contributed by atoms with E-state index in [4.69, 9.17) is 16.8 Å². The van der Waals surface area contributed by atoms with Crippen LogP contribution in [0.5, 0.6) is 5.75 Å². The van der Waals surface area contributed by atoms with Crippen LogP contribution in [-0.4, -0.2) is 42.1 Å². The third-order valence-electron chi connectivity index (χ3n) is 2.38. The maximum atomic E-state index is 11.6. The van der Waals surface area contributed by atoms with E-state index in [-0.39, 0.29) is 12.3 Å². The summed E-state index contributed by atoms with van der Waals surface area (Å²) in [6.07, 6.45) is 2.32. The Kier molecular flexibility index (Phi) is 4.63. The van der Waals surface area contributed by atoms with Crippen molar-refractivity contribution in [3.05, 3.63) is 40.0 Å². The van der Waals surface area contributed by atoms with Crippen LogP contribution < -0.4 is 5.43 Å². The highest BCUT2D eigenvalue weighted by molar-refractivity contribution is 6.30. The highest BCUT2D eigenvalue weighted by Gasteiger charge is 2.19. The zero-order chi connectivity index (χ0) is 16.1. The molecule has 2 aromatic rings. The SMILES string of the molecule is O=C(Cn1cnc([N+](=O)O)n1)N/N=C/c1cc(Cl)ccc1O. The van der Waals surface area contributed by atoms with Crippen molar-refractivity contribution in [3.63, 3.8) is 0 Å². The predicted molar refractivity (Wildman–Crippen MR) is 73.9 cm³/mol. The highest BCUT2D eigenvalue weighted by atomic mass is 35.5. The Bertz CT molecular complexity index is 744. The summed E-state index contributed by atoms with van der Waals surface area (Å²) in [6, 6.07) is 4.38. The Hall–Kier alpha value is -3.01. The molecule has 0 unspecified atom stereocenters. The second-order valence-electron chi connectivity index (χ2n) is 4.01. The fraction of sp³-hybridized carbons (Fsp3) is 0.0909. The number of aromatic hydroxyl groups is 1. The average Bonchev–Trinajstić information content (AvgIpc) is 2.91. The first-order valence-corrected chi connectivity index (χ1v) is 6.19. The number of nitrogens with zero attached hydrogens (tertiary/aromatic N) is 5. The Labute approximate surface area is 128 Å². The van der Waals surface area contributed by atoms with Crippen molar-refractivity contribution in [2.24, 2.45) is 5.10 Å². The molecule has 3 N–H and O–H groups in total. The van der Waals surface area contributed by atoms with Crippen LogP contribution in [-0.2, 0) is 11.3 Å². The van der Waals surface area contributed by atoms with Crippen LogP contribution >= 0.6 is 11.6 Å². The maximum absolute atomic E-state index is 11.6. The third-order valence-corrected chi connectivity index (χ3v) is 2.62. The van der Waals surface area contributed by atoms with Crippen LogP contribution in [0.4, 0.5) is 5.95 Å². The van der Waals surface area contributed by atoms with Crippen LogP contribution in [0.25, 0.3) is 0 Å². The lowest BCUT2D eigenvalue weighted by atomic mass is 10.2. The highest BCUT2D eigenvalue weighted by Crippen LogP contribution is 2.19. The van der Waals surface area contributed by atoms with Crippen LogP contribution in [0.1, 0.15) is 5.56 Å². The van der Waals surface area contributed by atoms with Crippen molar-refractivity contribution in [2.75, 3.05) is 0 Å². The summed E-state index contributed by atoms with van der Waals surface area (Å²) in [5.41, 5.74) is 2.53. The molecule has 22 heavy (non-hydrogen) atoms. The van der Waals surface area contributed by atoms with E-state index in [1.807, 2.05) is 0 Å². The lowest BCUT2D eigenvalue weighted by Gasteiger charge is -1.99. The van der Waals surface area contributed by atoms with Crippen molar-refractivity contribution in [2.45, 2.75) is 6.54 Å². The first kappa shape index (κ1) is 15.4. The normalized spacial score (nSPS) is 10.8. The lowest BCUT2D eigenvalue weighted by molar-refractivity contribution is -0.734. The monoisotopic (exact) mass is 325 g/mol. The van der Waals surface area contributed by atoms with Gasteiger partial charge in [0.05, 0.1) is 6.21 Å². The zero-order valence-electron chi connectivity index (χ0n) is 10.9. The number of nitrogens with one attached hydrogen (secondary N) is 1. The van der Waals surface area contributed by atoms with Gasteiger partial charge in [-0.3, -0.25) is 4.79 Å². The van der Waals surface area contributed by atoms with Gasteiger partial charge in [0, 0.05) is 15.7 Å². The van der Waals surface area contributed by atoms with Crippen molar-refractivity contribution in [1.82, 2.24) is 20.2 Å². The Morgan fingerprint density at radius 2 is 2.32 bits per heavy atom. The lowest BCUT2D eigenvalue weighted by Crippen LogP contribution is -2.23. The van der Waals surface area contributed by atoms with Crippen LogP contribution in [0, 0.1) is 4.91 Å². The fourth-order valence-corrected chi connectivity index (χ4v) is 1.61. The minimum absolute atomic E-state index is 0.0400. The minimum atomic E-state index is -0.551. The fourth-order valence-electron chi connectivity index (χ4n) is 1.43. The minimum Gasteiger partial charge on any atom is -0.507 e. The molecule has 0 radical (unpaired) electrons. The summed E-state index contributed by atoms with van der Waals surface area (Å²) < 4.78 is 1.04. The third kappa shape index (κ3) is 3.99. The van der Waals surface area contributed by atoms with E-state index in [9.17, 15) is 14.8 Å². The van der Waals surface area contributed by atoms with Crippen molar-refractivity contribution < 1.29 is 20.0 Å². The molecular weight excluding hydrogens is 316 g/mol. The van der Waals surface area contributed by atoms with Gasteiger partial charge in [-0.15, -0.1) is 0 Å². The molecular formula is C11H10ClN6O4+. The number of aromatic nitrogens is 3. The smallest absolute Gasteiger partial charge is 0.507 e. The maximum Gasteiger partial charge on any atom is 0.531 e. The molecule has 0 bridgehead atoms. The topological polar surface area (TPSA) is 133 Å². The Morgan fingerprint density at radius 1 is 1.55 bits per heavy atom. The number of phenols is 1. The van der Waals surface area contributed by atoms with Gasteiger partial charge in [-0.05, 0) is 23.2 Å². The molecule has 0 atom stereocenters. The molecule has 0 aliphatic rings. The molecule has 0 aliphatic heterocycles. The van der Waals surface area contributed by atoms with Gasteiger partial charge in [-0.1, -0.05) is 16.5 Å². The van der Waals surface area contributed by atoms with E-state index >= 15 is 0 Å². The number of hydrogen-bond acceptors (Lipinski definition) is 6. The Balaban J connectivity index is 1.93. The second kappa shape index (κ2) is 6.63. The van der Waals surface area contributed by atoms with E-state index in [0.29, 0.717) is 10.6 Å². The molecule has 2 rings (SSSR count). The average molecular weight is 326 g/mol. The molecule has 1 aromatic heterocycles. The van der Waals surface area contributed by atoms with E-state index in [1.165, 1.54) is 24.4 Å². The summed E-state index contributed by atoms with van der Waals surface area (Å²) in [7, 11) is 0. The number of hydrazone groups is 1. The zero-order valence-corrected chi connectivity index (χ0v) is 11.7. The van der Waals surface area contributed by atoms with Gasteiger partial charge in [0.25, 0.3) is 5.91 Å². The number of benzene rings is 1. The number of carbonyl (C=O) groups is 1. The van der Waals surface area contributed by atoms with Crippen LogP contribution in [0.3, 0.4) is 0 Å². The second-order valence-corrected chi connectivity index (χ2v) is 4.45. The molecule has 11 heteroatoms. The number of halogens is 1. The van der Waals surface area contributed by atoms with Gasteiger partial charge in [-0.25, -0.2) is 5.43 Å². The van der Waals surface area contributed by atoms with E-state index < -0.39 is 16.8 Å². The first-order valence-electron chi connectivity index (χ1n) is 5.81. The van der Waals surface area contributed by atoms with Crippen molar-refractivity contribution in [3.8, 4) is 5.75 Å². The number of rotatable bonds is 5. The van der Waals surface area contributed by atoms with E-state index in [1.54, 1.807) is 0 Å². The molecule has 1 amide bonds. The van der Waals surface area contributed by atoms with Crippen LogP contribution in [0.2, 0.25) is 5.02 Å². The van der Waals surface area contributed by atoms with Crippen molar-refractivity contribution >= 4 is 29.7 Å². The molecule has 0 aliphatic carbocycles. The largest absolute Gasteiger partial charge is 0.531 e. The Morgan fingerprint density at radius 3 is 3.00 bits per heavy atom. The quantitative estimate of drug-likeness (QED) is 0.544. The standard InChI is InChI=1S/C11H9ClN6O4/c12-8-1-2-9(19)7(3-8)4-14-15-10(20)5-17-6-13-11(16-17)18(21)22/h1-4,6H,5H2,(H2-,14,15,19,20,21,22)/p+1. The molecule has 0 spiro atoms. The number of amides is 1. The molecule has 0 saturated heterocycles. The number of hydrogen-bond donors (Lipinski definition) is 3. The van der Waals surface area contributed by atoms with Crippen LogP contribution in [0.15, 0.2) is 29.6 Å². The summed E-state index contributed by atoms with van der Waals surface area (Å²) in [5, 5.41) is 25.7. The van der Waals surface area contributed by atoms with Gasteiger partial charge in [0.2, 0.25) is 6.33 Å². The summed E-state index contributed by atoms with van der Waals surface area (Å²) in [5.74, 6) is -1.08. The summed E-state index contributed by atoms with van der Waals surface area (Å²) in [6.45, 7) is -0.264. The summed E-state index contributed by atoms with van der Waals surface area (Å²) in [4.78, 5) is 25.0. The molecule has 0 saturated carbocycles. The van der Waals surface area contributed by atoms with E-state index in [0.717, 1.165) is 11.0 Å². The van der Waals surface area contributed by atoms with Gasteiger partial charge in [0.1, 0.15) is 12.3 Å². The first-order chi connectivity index (χ1) is 10.5. The molecule has 1 aromatic carbocycles. The van der Waals surface area contributed by atoms with Gasteiger partial charge < -0.3 is 10.3 Å². The number of phenolic OH excluding ortho intramolecular Hbond substituents is 1. The summed E-state index contributed by atoms with van der Waals surface area (Å²) >= 11 is 5.76. The van der Waals surface area contributed by atoms with Gasteiger partial charge in [0.15, 0.2) is 4.92 Å². The molecule has 10 nitrogen and oxygen atoms in total. The van der Waals surface area contributed by atoms with Crippen molar-refractivity contribution in [1.29, 1.82) is 0 Å². The molecule has 0 fully saturated rings. The van der Waals surface area contributed by atoms with Gasteiger partial charge in [-0.2, -0.15) is 9.78 Å².